The number of nitrogens with zero attached hydrogens (tertiary/aromatic N) is 4. The lowest BCUT2D eigenvalue weighted by Gasteiger charge is -2.13. The Labute approximate surface area is 166 Å². The number of carbonyl (C=O) groups is 1. The van der Waals surface area contributed by atoms with Crippen molar-refractivity contribution in [2.24, 2.45) is 0 Å². The summed E-state index contributed by atoms with van der Waals surface area (Å²) >= 11 is 7.37. The van der Waals surface area contributed by atoms with Crippen molar-refractivity contribution in [3.8, 4) is 17.1 Å². The minimum atomic E-state index is -0.342. The summed E-state index contributed by atoms with van der Waals surface area (Å²) in [4.78, 5) is 16.3. The Hall–Kier alpha value is -2.64. The maximum absolute atomic E-state index is 12.2. The van der Waals surface area contributed by atoms with Crippen molar-refractivity contribution in [1.29, 1.82) is 0 Å². The summed E-state index contributed by atoms with van der Waals surface area (Å²) in [5.74, 6) is 0.580. The van der Waals surface area contributed by atoms with E-state index >= 15 is 0 Å². The first-order valence-electron chi connectivity index (χ1n) is 8.27. The number of rotatable bonds is 7. The van der Waals surface area contributed by atoms with Gasteiger partial charge in [0.25, 0.3) is 0 Å². The first-order valence-corrected chi connectivity index (χ1v) is 9.53. The van der Waals surface area contributed by atoms with Crippen LogP contribution in [0.5, 0.6) is 0 Å². The van der Waals surface area contributed by atoms with Crippen molar-refractivity contribution in [2.75, 3.05) is 6.54 Å². The number of nitrogens with one attached hydrogen (secondary N) is 1. The highest BCUT2D eigenvalue weighted by Gasteiger charge is 2.21. The fraction of sp³-hybridized carbons (Fsp3) is 0.158. The lowest BCUT2D eigenvalue weighted by atomic mass is 10.2. The summed E-state index contributed by atoms with van der Waals surface area (Å²) in [5.41, 5.74) is 1.74. The summed E-state index contributed by atoms with van der Waals surface area (Å²) < 4.78 is 1.91. The molecule has 0 aliphatic heterocycles. The molecule has 3 rings (SSSR count). The van der Waals surface area contributed by atoms with Crippen LogP contribution in [-0.2, 0) is 4.79 Å². The molecule has 0 fully saturated rings. The maximum Gasteiger partial charge on any atom is 0.233 e. The van der Waals surface area contributed by atoms with Gasteiger partial charge in [0.05, 0.1) is 5.25 Å². The van der Waals surface area contributed by atoms with Gasteiger partial charge in [0.2, 0.25) is 5.91 Å². The molecule has 0 aliphatic carbocycles. The van der Waals surface area contributed by atoms with Gasteiger partial charge in [0, 0.05) is 35.2 Å². The third kappa shape index (κ3) is 4.56. The quantitative estimate of drug-likeness (QED) is 0.483. The molecule has 0 radical (unpaired) electrons. The lowest BCUT2D eigenvalue weighted by Crippen LogP contribution is -2.31. The normalized spacial score (nSPS) is 11.8. The van der Waals surface area contributed by atoms with Gasteiger partial charge in [0.15, 0.2) is 11.0 Å². The molecule has 1 atom stereocenters. The monoisotopic (exact) mass is 399 g/mol. The van der Waals surface area contributed by atoms with Crippen molar-refractivity contribution >= 4 is 29.3 Å². The first kappa shape index (κ1) is 19.1. The number of benzene rings is 1. The SMILES string of the molecule is C=CCNC(=O)[C@H](C)Sc1nnc(-c2ccncc2)n1-c1ccc(Cl)cc1. The molecule has 0 saturated heterocycles. The average molecular weight is 400 g/mol. The molecule has 138 valence electrons. The van der Waals surface area contributed by atoms with Crippen LogP contribution < -0.4 is 5.32 Å². The summed E-state index contributed by atoms with van der Waals surface area (Å²) in [5, 5.41) is 12.4. The van der Waals surface area contributed by atoms with Gasteiger partial charge >= 0.3 is 0 Å². The molecule has 1 aromatic carbocycles. The Balaban J connectivity index is 1.99. The van der Waals surface area contributed by atoms with Crippen LogP contribution in [0.2, 0.25) is 5.02 Å². The van der Waals surface area contributed by atoms with Gasteiger partial charge < -0.3 is 5.32 Å². The third-order valence-corrected chi connectivity index (χ3v) is 5.02. The van der Waals surface area contributed by atoms with E-state index in [1.807, 2.05) is 47.9 Å². The van der Waals surface area contributed by atoms with E-state index in [1.165, 1.54) is 11.8 Å². The van der Waals surface area contributed by atoms with Crippen molar-refractivity contribution in [2.45, 2.75) is 17.3 Å². The van der Waals surface area contributed by atoms with Crippen molar-refractivity contribution in [3.63, 3.8) is 0 Å². The molecule has 0 bridgehead atoms. The fourth-order valence-corrected chi connectivity index (χ4v) is 3.40. The third-order valence-electron chi connectivity index (χ3n) is 3.73. The molecule has 1 N–H and O–H groups in total. The van der Waals surface area contributed by atoms with E-state index in [4.69, 9.17) is 11.6 Å². The zero-order chi connectivity index (χ0) is 19.2. The van der Waals surface area contributed by atoms with Gasteiger partial charge in [0.1, 0.15) is 0 Å². The number of hydrogen-bond acceptors (Lipinski definition) is 5. The molecular formula is C19H18ClN5OS. The maximum atomic E-state index is 12.2. The van der Waals surface area contributed by atoms with E-state index in [2.05, 4.69) is 27.1 Å². The molecule has 1 amide bonds. The summed E-state index contributed by atoms with van der Waals surface area (Å²) in [6.07, 6.45) is 5.05. The number of thioether (sulfide) groups is 1. The van der Waals surface area contributed by atoms with E-state index in [-0.39, 0.29) is 11.2 Å². The Bertz CT molecular complexity index is 927. The second-order valence-corrected chi connectivity index (χ2v) is 7.39. The molecular weight excluding hydrogens is 382 g/mol. The van der Waals surface area contributed by atoms with Crippen molar-refractivity contribution in [3.05, 3.63) is 66.5 Å². The number of halogens is 1. The Kier molecular flexibility index (Phi) is 6.26. The minimum Gasteiger partial charge on any atom is -0.352 e. The van der Waals surface area contributed by atoms with Crippen LogP contribution in [0.3, 0.4) is 0 Å². The summed E-state index contributed by atoms with van der Waals surface area (Å²) in [6, 6.07) is 11.1. The van der Waals surface area contributed by atoms with E-state index in [9.17, 15) is 4.79 Å². The largest absolute Gasteiger partial charge is 0.352 e. The highest BCUT2D eigenvalue weighted by Crippen LogP contribution is 2.30. The van der Waals surface area contributed by atoms with Crippen molar-refractivity contribution in [1.82, 2.24) is 25.1 Å². The average Bonchev–Trinajstić information content (AvgIpc) is 3.10. The van der Waals surface area contributed by atoms with Crippen LogP contribution in [0, 0.1) is 0 Å². The number of aromatic nitrogens is 4. The van der Waals surface area contributed by atoms with Gasteiger partial charge in [-0.2, -0.15) is 0 Å². The molecule has 3 aromatic rings. The predicted molar refractivity (Wildman–Crippen MR) is 108 cm³/mol. The molecule has 0 unspecified atom stereocenters. The van der Waals surface area contributed by atoms with Gasteiger partial charge in [-0.05, 0) is 43.3 Å². The Morgan fingerprint density at radius 2 is 1.96 bits per heavy atom. The highest BCUT2D eigenvalue weighted by molar-refractivity contribution is 8.00. The van der Waals surface area contributed by atoms with Crippen molar-refractivity contribution < 1.29 is 4.79 Å². The van der Waals surface area contributed by atoms with Gasteiger partial charge in [-0.1, -0.05) is 29.4 Å². The first-order chi connectivity index (χ1) is 13.1. The summed E-state index contributed by atoms with van der Waals surface area (Å²) in [7, 11) is 0. The topological polar surface area (TPSA) is 72.7 Å². The molecule has 0 saturated carbocycles. The van der Waals surface area contributed by atoms with Gasteiger partial charge in [-0.3, -0.25) is 14.3 Å². The predicted octanol–water partition coefficient (Wildman–Crippen LogP) is 3.77. The number of hydrogen-bond donors (Lipinski definition) is 1. The van der Waals surface area contributed by atoms with Crippen LogP contribution in [0.15, 0.2) is 66.6 Å². The van der Waals surface area contributed by atoms with E-state index < -0.39 is 0 Å². The zero-order valence-electron chi connectivity index (χ0n) is 14.7. The lowest BCUT2D eigenvalue weighted by molar-refractivity contribution is -0.120. The van der Waals surface area contributed by atoms with E-state index in [1.54, 1.807) is 18.5 Å². The number of carbonyl (C=O) groups excluding carboxylic acids is 1. The summed E-state index contributed by atoms with van der Waals surface area (Å²) in [6.45, 7) is 5.87. The van der Waals surface area contributed by atoms with Crippen LogP contribution >= 0.6 is 23.4 Å². The van der Waals surface area contributed by atoms with Gasteiger partial charge in [-0.25, -0.2) is 0 Å². The van der Waals surface area contributed by atoms with Crippen LogP contribution in [-0.4, -0.2) is 37.5 Å². The van der Waals surface area contributed by atoms with Crippen LogP contribution in [0.1, 0.15) is 6.92 Å². The molecule has 0 spiro atoms. The number of pyridine rings is 1. The molecule has 8 heteroatoms. The highest BCUT2D eigenvalue weighted by atomic mass is 35.5. The molecule has 2 heterocycles. The Morgan fingerprint density at radius 1 is 1.26 bits per heavy atom. The number of amides is 1. The fourth-order valence-electron chi connectivity index (χ4n) is 2.39. The smallest absolute Gasteiger partial charge is 0.233 e. The molecule has 6 nitrogen and oxygen atoms in total. The molecule has 27 heavy (non-hydrogen) atoms. The van der Waals surface area contributed by atoms with E-state index in [0.29, 0.717) is 22.5 Å². The van der Waals surface area contributed by atoms with E-state index in [0.717, 1.165) is 11.3 Å². The standard InChI is InChI=1S/C19H18ClN5OS/c1-3-10-22-18(26)13(2)27-19-24-23-17(14-8-11-21-12-9-14)25(19)16-6-4-15(20)5-7-16/h3-9,11-13H,1,10H2,2H3,(H,22,26)/t13-/m0/s1. The Morgan fingerprint density at radius 3 is 2.63 bits per heavy atom. The molecule has 2 aromatic heterocycles. The van der Waals surface area contributed by atoms with Crippen LogP contribution in [0.25, 0.3) is 17.1 Å². The van der Waals surface area contributed by atoms with Crippen LogP contribution in [0.4, 0.5) is 0 Å². The second kappa shape index (κ2) is 8.83. The zero-order valence-corrected chi connectivity index (χ0v) is 16.2. The minimum absolute atomic E-state index is 0.0870. The second-order valence-electron chi connectivity index (χ2n) is 5.65. The molecule has 0 aliphatic rings. The van der Waals surface area contributed by atoms with Gasteiger partial charge in [-0.15, -0.1) is 16.8 Å².